The summed E-state index contributed by atoms with van der Waals surface area (Å²) >= 11 is 6.43. The smallest absolute Gasteiger partial charge is 0.0483 e. The van der Waals surface area contributed by atoms with Crippen LogP contribution in [0.3, 0.4) is 0 Å². The monoisotopic (exact) mass is 269 g/mol. The molecule has 1 aromatic carbocycles. The third-order valence-corrected chi connectivity index (χ3v) is 3.84. The Morgan fingerprint density at radius 3 is 2.72 bits per heavy atom. The summed E-state index contributed by atoms with van der Waals surface area (Å²) in [5.41, 5.74) is 2.33. The van der Waals surface area contributed by atoms with Gasteiger partial charge in [-0.05, 0) is 36.9 Å². The number of benzene rings is 1. The fourth-order valence-corrected chi connectivity index (χ4v) is 2.46. The Balaban J connectivity index is 2.92. The molecule has 1 aromatic rings. The van der Waals surface area contributed by atoms with Crippen LogP contribution in [0, 0.1) is 12.8 Å². The molecule has 0 saturated carbocycles. The minimum atomic E-state index is 0.289. The second kappa shape index (κ2) is 7.78. The predicted octanol–water partition coefficient (Wildman–Crippen LogP) is 3.97. The fraction of sp³-hybridized carbons (Fsp3) is 0.600. The molecule has 0 radical (unpaired) electrons. The minimum Gasteiger partial charge on any atom is -0.385 e. The van der Waals surface area contributed by atoms with Crippen molar-refractivity contribution in [3.63, 3.8) is 0 Å². The minimum absolute atomic E-state index is 0.289. The van der Waals surface area contributed by atoms with Crippen LogP contribution in [-0.2, 0) is 4.74 Å². The van der Waals surface area contributed by atoms with Gasteiger partial charge in [0.2, 0.25) is 0 Å². The summed E-state index contributed by atoms with van der Waals surface area (Å²) in [6.45, 7) is 8.14. The summed E-state index contributed by atoms with van der Waals surface area (Å²) in [6, 6.07) is 6.53. The maximum Gasteiger partial charge on any atom is 0.0483 e. The highest BCUT2D eigenvalue weighted by atomic mass is 35.5. The first-order valence-electron chi connectivity index (χ1n) is 6.59. The van der Waals surface area contributed by atoms with Gasteiger partial charge in [-0.1, -0.05) is 43.6 Å². The number of hydrogen-bond acceptors (Lipinski definition) is 2. The number of rotatable bonds is 7. The van der Waals surface area contributed by atoms with Crippen LogP contribution < -0.4 is 5.32 Å². The molecule has 2 unspecified atom stereocenters. The number of halogens is 1. The van der Waals surface area contributed by atoms with Gasteiger partial charge in [0.05, 0.1) is 0 Å². The fourth-order valence-electron chi connectivity index (χ4n) is 2.22. The van der Waals surface area contributed by atoms with E-state index >= 15 is 0 Å². The van der Waals surface area contributed by atoms with Gasteiger partial charge in [-0.25, -0.2) is 0 Å². The van der Waals surface area contributed by atoms with Crippen LogP contribution >= 0.6 is 11.6 Å². The van der Waals surface area contributed by atoms with E-state index in [0.717, 1.165) is 30.2 Å². The third kappa shape index (κ3) is 3.98. The quantitative estimate of drug-likeness (QED) is 0.809. The molecule has 0 amide bonds. The highest BCUT2D eigenvalue weighted by molar-refractivity contribution is 6.32. The zero-order valence-corrected chi connectivity index (χ0v) is 12.6. The molecule has 0 aliphatic rings. The molecule has 18 heavy (non-hydrogen) atoms. The summed E-state index contributed by atoms with van der Waals surface area (Å²) in [5, 5.41) is 4.42. The van der Waals surface area contributed by atoms with Crippen molar-refractivity contribution in [2.75, 3.05) is 20.3 Å². The summed E-state index contributed by atoms with van der Waals surface area (Å²) in [6.07, 6.45) is 1.03. The van der Waals surface area contributed by atoms with Gasteiger partial charge >= 0.3 is 0 Å². The van der Waals surface area contributed by atoms with Crippen molar-refractivity contribution in [2.45, 2.75) is 33.2 Å². The molecule has 0 spiro atoms. The molecule has 2 atom stereocenters. The Labute approximate surface area is 116 Å². The van der Waals surface area contributed by atoms with Crippen LogP contribution in [0.4, 0.5) is 0 Å². The molecule has 0 aliphatic carbocycles. The Hall–Kier alpha value is -0.570. The van der Waals surface area contributed by atoms with Crippen molar-refractivity contribution in [3.8, 4) is 0 Å². The van der Waals surface area contributed by atoms with Crippen molar-refractivity contribution >= 4 is 11.6 Å². The van der Waals surface area contributed by atoms with Crippen LogP contribution in [0.25, 0.3) is 0 Å². The van der Waals surface area contributed by atoms with E-state index in [9.17, 15) is 0 Å². The van der Waals surface area contributed by atoms with Gasteiger partial charge in [0.1, 0.15) is 0 Å². The lowest BCUT2D eigenvalue weighted by Gasteiger charge is -2.26. The van der Waals surface area contributed by atoms with Crippen molar-refractivity contribution in [1.29, 1.82) is 0 Å². The lowest BCUT2D eigenvalue weighted by molar-refractivity contribution is 0.170. The Bertz CT molecular complexity index is 368. The summed E-state index contributed by atoms with van der Waals surface area (Å²) < 4.78 is 5.17. The molecular formula is C15H24ClNO. The second-order valence-electron chi connectivity index (χ2n) is 4.77. The molecule has 0 aromatic heterocycles. The molecule has 0 aliphatic heterocycles. The molecular weight excluding hydrogens is 246 g/mol. The molecule has 1 N–H and O–H groups in total. The Kier molecular flexibility index (Phi) is 6.69. The van der Waals surface area contributed by atoms with Crippen molar-refractivity contribution in [1.82, 2.24) is 5.32 Å². The molecule has 0 bridgehead atoms. The topological polar surface area (TPSA) is 21.3 Å². The van der Waals surface area contributed by atoms with Crippen molar-refractivity contribution < 1.29 is 4.74 Å². The van der Waals surface area contributed by atoms with Crippen LogP contribution in [0.1, 0.15) is 37.4 Å². The maximum absolute atomic E-state index is 6.43. The number of ether oxygens (including phenoxy) is 1. The van der Waals surface area contributed by atoms with Crippen LogP contribution in [0.5, 0.6) is 0 Å². The average Bonchev–Trinajstić information content (AvgIpc) is 2.37. The second-order valence-corrected chi connectivity index (χ2v) is 5.15. The molecule has 0 saturated heterocycles. The van der Waals surface area contributed by atoms with E-state index in [1.54, 1.807) is 7.11 Å². The van der Waals surface area contributed by atoms with E-state index in [4.69, 9.17) is 16.3 Å². The van der Waals surface area contributed by atoms with Gasteiger partial charge in [-0.2, -0.15) is 0 Å². The van der Waals surface area contributed by atoms with Gasteiger partial charge < -0.3 is 10.1 Å². The standard InChI is InChI=1S/C15H24ClNO/c1-5-17-15(12(3)9-10-18-4)13-8-6-7-11(2)14(13)16/h6-8,12,15,17H,5,9-10H2,1-4H3. The molecule has 3 heteroatoms. The normalized spacial score (nSPS) is 14.5. The molecule has 2 nitrogen and oxygen atoms in total. The van der Waals surface area contributed by atoms with Gasteiger partial charge in [0.15, 0.2) is 0 Å². The van der Waals surface area contributed by atoms with Gasteiger partial charge in [-0.15, -0.1) is 0 Å². The van der Waals surface area contributed by atoms with Gasteiger partial charge in [0.25, 0.3) is 0 Å². The van der Waals surface area contributed by atoms with E-state index in [2.05, 4.69) is 44.3 Å². The lowest BCUT2D eigenvalue weighted by atomic mass is 9.91. The zero-order valence-electron chi connectivity index (χ0n) is 11.8. The maximum atomic E-state index is 6.43. The van der Waals surface area contributed by atoms with Crippen molar-refractivity contribution in [2.24, 2.45) is 5.92 Å². The largest absolute Gasteiger partial charge is 0.385 e. The van der Waals surface area contributed by atoms with Gasteiger partial charge in [0, 0.05) is 24.8 Å². The Morgan fingerprint density at radius 1 is 1.39 bits per heavy atom. The Morgan fingerprint density at radius 2 is 2.11 bits per heavy atom. The molecule has 102 valence electrons. The first-order valence-corrected chi connectivity index (χ1v) is 6.96. The number of aryl methyl sites for hydroxylation is 1. The van der Waals surface area contributed by atoms with Crippen LogP contribution in [-0.4, -0.2) is 20.3 Å². The number of methoxy groups -OCH3 is 1. The molecule has 0 fully saturated rings. The predicted molar refractivity (Wildman–Crippen MR) is 78.3 cm³/mol. The number of hydrogen-bond donors (Lipinski definition) is 1. The van der Waals surface area contributed by atoms with Crippen molar-refractivity contribution in [3.05, 3.63) is 34.3 Å². The van der Waals surface area contributed by atoms with Gasteiger partial charge in [-0.3, -0.25) is 0 Å². The molecule has 1 rings (SSSR count). The van der Waals surface area contributed by atoms with E-state index in [1.165, 1.54) is 5.56 Å². The van der Waals surface area contributed by atoms with E-state index in [0.29, 0.717) is 5.92 Å². The van der Waals surface area contributed by atoms with Crippen LogP contribution in [0.15, 0.2) is 18.2 Å². The summed E-state index contributed by atoms with van der Waals surface area (Å²) in [4.78, 5) is 0. The summed E-state index contributed by atoms with van der Waals surface area (Å²) in [7, 11) is 1.74. The molecule has 0 heterocycles. The lowest BCUT2D eigenvalue weighted by Crippen LogP contribution is -2.28. The first-order chi connectivity index (χ1) is 8.61. The highest BCUT2D eigenvalue weighted by Crippen LogP contribution is 2.31. The van der Waals surface area contributed by atoms with E-state index in [1.807, 2.05) is 0 Å². The van der Waals surface area contributed by atoms with E-state index < -0.39 is 0 Å². The SMILES string of the molecule is CCNC(c1cccc(C)c1Cl)C(C)CCOC. The summed E-state index contributed by atoms with van der Waals surface area (Å²) in [5.74, 6) is 0.490. The average molecular weight is 270 g/mol. The van der Waals surface area contributed by atoms with Crippen LogP contribution in [0.2, 0.25) is 5.02 Å². The first kappa shape index (κ1) is 15.5. The third-order valence-electron chi connectivity index (χ3n) is 3.33. The zero-order chi connectivity index (χ0) is 13.5. The number of nitrogens with one attached hydrogen (secondary N) is 1. The van der Waals surface area contributed by atoms with E-state index in [-0.39, 0.29) is 6.04 Å². The highest BCUT2D eigenvalue weighted by Gasteiger charge is 2.20.